The Morgan fingerprint density at radius 3 is 2.35 bits per heavy atom. The molecule has 0 atom stereocenters. The molecular formula is C14H22ClNO3S. The summed E-state index contributed by atoms with van der Waals surface area (Å²) >= 11 is 0. The summed E-state index contributed by atoms with van der Waals surface area (Å²) in [5.74, 6) is 0.759. The van der Waals surface area contributed by atoms with Crippen LogP contribution in [0.5, 0.6) is 5.75 Å². The standard InChI is InChI=1S/C14H22ClNO3S/c1-10(2)12-9-13(19-7-6-16(4)5)11(3)8-14(12)20(15,17)18/h8-10H,6-7H2,1-5H3. The molecule has 0 amide bonds. The van der Waals surface area contributed by atoms with Crippen LogP contribution in [0.15, 0.2) is 17.0 Å². The van der Waals surface area contributed by atoms with Crippen LogP contribution in [0, 0.1) is 6.92 Å². The second-order valence-corrected chi connectivity index (χ2v) is 7.93. The maximum absolute atomic E-state index is 11.6. The molecule has 0 N–H and O–H groups in total. The largest absolute Gasteiger partial charge is 0.492 e. The molecule has 114 valence electrons. The van der Waals surface area contributed by atoms with Gasteiger partial charge in [0.2, 0.25) is 0 Å². The van der Waals surface area contributed by atoms with Gasteiger partial charge in [0, 0.05) is 17.2 Å². The molecule has 0 saturated carbocycles. The third kappa shape index (κ3) is 4.65. The molecule has 1 aromatic rings. The first kappa shape index (κ1) is 17.3. The number of ether oxygens (including phenoxy) is 1. The predicted octanol–water partition coefficient (Wildman–Crippen LogP) is 2.99. The van der Waals surface area contributed by atoms with Crippen molar-refractivity contribution in [3.05, 3.63) is 23.3 Å². The molecule has 0 spiro atoms. The van der Waals surface area contributed by atoms with E-state index < -0.39 is 9.05 Å². The third-order valence-electron chi connectivity index (χ3n) is 2.99. The van der Waals surface area contributed by atoms with Crippen LogP contribution >= 0.6 is 10.7 Å². The molecule has 0 heterocycles. The number of hydrogen-bond acceptors (Lipinski definition) is 4. The minimum absolute atomic E-state index is 0.0512. The molecule has 6 heteroatoms. The van der Waals surface area contributed by atoms with Gasteiger partial charge >= 0.3 is 0 Å². The van der Waals surface area contributed by atoms with Crippen molar-refractivity contribution >= 4 is 19.7 Å². The van der Waals surface area contributed by atoms with E-state index in [1.165, 1.54) is 0 Å². The Bertz CT molecular complexity index is 568. The Morgan fingerprint density at radius 1 is 1.30 bits per heavy atom. The molecular weight excluding hydrogens is 298 g/mol. The molecule has 0 saturated heterocycles. The van der Waals surface area contributed by atoms with Crippen LogP contribution < -0.4 is 4.74 Å². The van der Waals surface area contributed by atoms with Crippen molar-refractivity contribution in [2.45, 2.75) is 31.6 Å². The van der Waals surface area contributed by atoms with E-state index in [-0.39, 0.29) is 10.8 Å². The second kappa shape index (κ2) is 6.78. The number of rotatable bonds is 6. The van der Waals surface area contributed by atoms with Gasteiger partial charge in [-0.15, -0.1) is 0 Å². The topological polar surface area (TPSA) is 46.6 Å². The predicted molar refractivity (Wildman–Crippen MR) is 82.4 cm³/mol. The van der Waals surface area contributed by atoms with Crippen LogP contribution in [0.3, 0.4) is 0 Å². The Morgan fingerprint density at radius 2 is 1.90 bits per heavy atom. The van der Waals surface area contributed by atoms with Gasteiger partial charge in [-0.25, -0.2) is 8.42 Å². The van der Waals surface area contributed by atoms with E-state index in [0.29, 0.717) is 17.9 Å². The van der Waals surface area contributed by atoms with Crippen molar-refractivity contribution in [2.75, 3.05) is 27.2 Å². The summed E-state index contributed by atoms with van der Waals surface area (Å²) in [6.07, 6.45) is 0. The maximum Gasteiger partial charge on any atom is 0.261 e. The Kier molecular flexibility index (Phi) is 5.86. The lowest BCUT2D eigenvalue weighted by molar-refractivity contribution is 0.259. The molecule has 0 radical (unpaired) electrons. The minimum atomic E-state index is -3.74. The van der Waals surface area contributed by atoms with Gasteiger partial charge < -0.3 is 9.64 Å². The monoisotopic (exact) mass is 319 g/mol. The smallest absolute Gasteiger partial charge is 0.261 e. The average molecular weight is 320 g/mol. The van der Waals surface area contributed by atoms with Gasteiger partial charge in [-0.1, -0.05) is 13.8 Å². The number of benzene rings is 1. The zero-order valence-electron chi connectivity index (χ0n) is 12.6. The Hall–Kier alpha value is -0.780. The molecule has 0 aliphatic carbocycles. The summed E-state index contributed by atoms with van der Waals surface area (Å²) in [5.41, 5.74) is 1.46. The van der Waals surface area contributed by atoms with E-state index in [1.54, 1.807) is 12.1 Å². The van der Waals surface area contributed by atoms with Gasteiger partial charge in [-0.05, 0) is 50.2 Å². The highest BCUT2D eigenvalue weighted by Gasteiger charge is 2.20. The quantitative estimate of drug-likeness (QED) is 0.756. The Balaban J connectivity index is 3.14. The summed E-state index contributed by atoms with van der Waals surface area (Å²) < 4.78 is 29.0. The van der Waals surface area contributed by atoms with Crippen LogP contribution in [0.1, 0.15) is 30.9 Å². The zero-order chi connectivity index (χ0) is 15.5. The number of aryl methyl sites for hydroxylation is 1. The fraction of sp³-hybridized carbons (Fsp3) is 0.571. The van der Waals surface area contributed by atoms with Crippen LogP contribution in [-0.2, 0) is 9.05 Å². The molecule has 0 unspecified atom stereocenters. The van der Waals surface area contributed by atoms with Gasteiger partial charge in [0.05, 0.1) is 4.90 Å². The highest BCUT2D eigenvalue weighted by molar-refractivity contribution is 8.13. The normalized spacial score (nSPS) is 12.2. The van der Waals surface area contributed by atoms with Crippen LogP contribution in [0.4, 0.5) is 0 Å². The molecule has 20 heavy (non-hydrogen) atoms. The lowest BCUT2D eigenvalue weighted by Crippen LogP contribution is -2.19. The van der Waals surface area contributed by atoms with Crippen molar-refractivity contribution in [3.8, 4) is 5.75 Å². The second-order valence-electron chi connectivity index (χ2n) is 5.40. The van der Waals surface area contributed by atoms with Gasteiger partial charge in [0.25, 0.3) is 9.05 Å². The molecule has 0 fully saturated rings. The van der Waals surface area contributed by atoms with Crippen LogP contribution in [-0.4, -0.2) is 40.6 Å². The number of hydrogen-bond donors (Lipinski definition) is 0. The van der Waals surface area contributed by atoms with E-state index in [1.807, 2.05) is 39.8 Å². The summed E-state index contributed by atoms with van der Waals surface area (Å²) in [4.78, 5) is 2.20. The molecule has 1 aromatic carbocycles. The van der Waals surface area contributed by atoms with E-state index in [2.05, 4.69) is 0 Å². The van der Waals surface area contributed by atoms with Crippen molar-refractivity contribution in [1.82, 2.24) is 4.90 Å². The Labute approximate surface area is 126 Å². The van der Waals surface area contributed by atoms with E-state index in [9.17, 15) is 8.42 Å². The van der Waals surface area contributed by atoms with Gasteiger partial charge in [0.1, 0.15) is 12.4 Å². The van der Waals surface area contributed by atoms with Gasteiger partial charge in [-0.3, -0.25) is 0 Å². The van der Waals surface area contributed by atoms with E-state index >= 15 is 0 Å². The fourth-order valence-electron chi connectivity index (χ4n) is 1.83. The van der Waals surface area contributed by atoms with Gasteiger partial charge in [-0.2, -0.15) is 0 Å². The van der Waals surface area contributed by atoms with Crippen LogP contribution in [0.25, 0.3) is 0 Å². The molecule has 0 aliphatic heterocycles. The van der Waals surface area contributed by atoms with E-state index in [0.717, 1.165) is 12.1 Å². The highest BCUT2D eigenvalue weighted by atomic mass is 35.7. The molecule has 0 bridgehead atoms. The minimum Gasteiger partial charge on any atom is -0.492 e. The first-order valence-corrected chi connectivity index (χ1v) is 8.80. The van der Waals surface area contributed by atoms with Crippen molar-refractivity contribution in [3.63, 3.8) is 0 Å². The van der Waals surface area contributed by atoms with Crippen molar-refractivity contribution in [2.24, 2.45) is 0 Å². The first-order valence-electron chi connectivity index (χ1n) is 6.49. The summed E-state index contributed by atoms with van der Waals surface area (Å²) in [6.45, 7) is 7.03. The molecule has 0 aromatic heterocycles. The first-order chi connectivity index (χ1) is 9.12. The fourth-order valence-corrected chi connectivity index (χ4v) is 3.13. The molecule has 4 nitrogen and oxygen atoms in total. The van der Waals surface area contributed by atoms with Gasteiger partial charge in [0.15, 0.2) is 0 Å². The van der Waals surface area contributed by atoms with Crippen molar-refractivity contribution in [1.29, 1.82) is 0 Å². The summed E-state index contributed by atoms with van der Waals surface area (Å²) in [6, 6.07) is 3.37. The van der Waals surface area contributed by atoms with E-state index in [4.69, 9.17) is 15.4 Å². The average Bonchev–Trinajstić information content (AvgIpc) is 2.28. The number of likely N-dealkylation sites (N-methyl/N-ethyl adjacent to an activating group) is 1. The zero-order valence-corrected chi connectivity index (χ0v) is 14.2. The molecule has 1 rings (SSSR count). The van der Waals surface area contributed by atoms with Crippen molar-refractivity contribution < 1.29 is 13.2 Å². The SMILES string of the molecule is Cc1cc(S(=O)(=O)Cl)c(C(C)C)cc1OCCN(C)C. The lowest BCUT2D eigenvalue weighted by Gasteiger charge is -2.17. The number of nitrogens with zero attached hydrogens (tertiary/aromatic N) is 1. The van der Waals surface area contributed by atoms with Crippen LogP contribution in [0.2, 0.25) is 0 Å². The lowest BCUT2D eigenvalue weighted by atomic mass is 10.0. The summed E-state index contributed by atoms with van der Waals surface area (Å²) in [5, 5.41) is 0. The molecule has 0 aliphatic rings. The third-order valence-corrected chi connectivity index (χ3v) is 4.37. The highest BCUT2D eigenvalue weighted by Crippen LogP contribution is 2.32. The number of halogens is 1. The maximum atomic E-state index is 11.6. The summed E-state index contributed by atoms with van der Waals surface area (Å²) in [7, 11) is 5.70.